The van der Waals surface area contributed by atoms with Crippen molar-refractivity contribution in [2.75, 3.05) is 13.2 Å². The summed E-state index contributed by atoms with van der Waals surface area (Å²) in [5.41, 5.74) is 7.03. The van der Waals surface area contributed by atoms with Gasteiger partial charge in [-0.25, -0.2) is 0 Å². The zero-order chi connectivity index (χ0) is 15.1. The number of hydrogen-bond donors (Lipinski definition) is 3. The molecule has 0 saturated heterocycles. The second-order valence-electron chi connectivity index (χ2n) is 4.90. The molecule has 112 valence electrons. The molecule has 0 aliphatic rings. The van der Waals surface area contributed by atoms with Gasteiger partial charge in [0.05, 0.1) is 6.10 Å². The van der Waals surface area contributed by atoms with Crippen LogP contribution in [0.5, 0.6) is 5.75 Å². The van der Waals surface area contributed by atoms with Crippen LogP contribution in [0.3, 0.4) is 0 Å². The van der Waals surface area contributed by atoms with Gasteiger partial charge in [0, 0.05) is 0 Å². The van der Waals surface area contributed by atoms with Crippen LogP contribution in [0.2, 0.25) is 0 Å². The molecule has 0 heterocycles. The summed E-state index contributed by atoms with van der Waals surface area (Å²) in [5.74, 6) is 0.624. The van der Waals surface area contributed by atoms with E-state index in [0.29, 0.717) is 18.7 Å². The highest BCUT2D eigenvalue weighted by atomic mass is 16.5. The molecule has 0 saturated carbocycles. The van der Waals surface area contributed by atoms with Gasteiger partial charge in [-0.1, -0.05) is 42.5 Å². The average molecular weight is 287 g/mol. The Morgan fingerprint density at radius 1 is 0.905 bits per heavy atom. The zero-order valence-corrected chi connectivity index (χ0v) is 11.9. The first-order chi connectivity index (χ1) is 10.2. The van der Waals surface area contributed by atoms with Crippen molar-refractivity contribution < 1.29 is 14.9 Å². The molecule has 0 spiro atoms. The van der Waals surface area contributed by atoms with Gasteiger partial charge >= 0.3 is 0 Å². The highest BCUT2D eigenvalue weighted by Crippen LogP contribution is 2.22. The third-order valence-electron chi connectivity index (χ3n) is 3.28. The van der Waals surface area contributed by atoms with Gasteiger partial charge in [-0.3, -0.25) is 0 Å². The average Bonchev–Trinajstić information content (AvgIpc) is 2.54. The monoisotopic (exact) mass is 287 g/mol. The highest BCUT2D eigenvalue weighted by Gasteiger charge is 2.10. The van der Waals surface area contributed by atoms with Gasteiger partial charge < -0.3 is 20.7 Å². The maximum atomic E-state index is 10.1. The van der Waals surface area contributed by atoms with Crippen molar-refractivity contribution in [2.45, 2.75) is 18.6 Å². The molecule has 2 atom stereocenters. The zero-order valence-electron chi connectivity index (χ0n) is 11.9. The standard InChI is InChI=1S/C17H21NO3/c18-10-9-16(19)14-7-4-8-15(11-14)21-12-17(20)13-5-2-1-3-6-13/h1-8,11,16-17,19-20H,9-10,12,18H2/t16-,17-/m1/s1. The van der Waals surface area contributed by atoms with E-state index in [1.54, 1.807) is 12.1 Å². The Kier molecular flexibility index (Phi) is 5.75. The van der Waals surface area contributed by atoms with Crippen molar-refractivity contribution in [1.29, 1.82) is 0 Å². The maximum Gasteiger partial charge on any atom is 0.119 e. The van der Waals surface area contributed by atoms with E-state index in [0.717, 1.165) is 11.1 Å². The van der Waals surface area contributed by atoms with Crippen LogP contribution >= 0.6 is 0 Å². The van der Waals surface area contributed by atoms with Gasteiger partial charge in [-0.05, 0) is 36.2 Å². The van der Waals surface area contributed by atoms with Crippen LogP contribution in [0.25, 0.3) is 0 Å². The van der Waals surface area contributed by atoms with Crippen LogP contribution in [-0.4, -0.2) is 23.4 Å². The second-order valence-corrected chi connectivity index (χ2v) is 4.90. The molecular formula is C17H21NO3. The molecule has 2 aromatic carbocycles. The molecule has 21 heavy (non-hydrogen) atoms. The molecular weight excluding hydrogens is 266 g/mol. The predicted molar refractivity (Wildman–Crippen MR) is 82.0 cm³/mol. The molecule has 2 rings (SSSR count). The topological polar surface area (TPSA) is 75.7 Å². The second kappa shape index (κ2) is 7.78. The van der Waals surface area contributed by atoms with Crippen LogP contribution in [0, 0.1) is 0 Å². The van der Waals surface area contributed by atoms with Gasteiger partial charge in [0.2, 0.25) is 0 Å². The number of benzene rings is 2. The van der Waals surface area contributed by atoms with Gasteiger partial charge in [-0.2, -0.15) is 0 Å². The summed E-state index contributed by atoms with van der Waals surface area (Å²) in [4.78, 5) is 0. The van der Waals surface area contributed by atoms with E-state index in [4.69, 9.17) is 10.5 Å². The van der Waals surface area contributed by atoms with Crippen molar-refractivity contribution in [3.8, 4) is 5.75 Å². The maximum absolute atomic E-state index is 10.1. The van der Waals surface area contributed by atoms with E-state index >= 15 is 0 Å². The first kappa shape index (κ1) is 15.5. The Morgan fingerprint density at radius 3 is 2.33 bits per heavy atom. The lowest BCUT2D eigenvalue weighted by Gasteiger charge is -2.15. The minimum atomic E-state index is -0.677. The lowest BCUT2D eigenvalue weighted by atomic mass is 10.1. The molecule has 0 aliphatic carbocycles. The third kappa shape index (κ3) is 4.56. The van der Waals surface area contributed by atoms with Gasteiger partial charge in [0.1, 0.15) is 18.5 Å². The molecule has 2 aromatic rings. The van der Waals surface area contributed by atoms with Crippen LogP contribution < -0.4 is 10.5 Å². The first-order valence-corrected chi connectivity index (χ1v) is 7.04. The van der Waals surface area contributed by atoms with Crippen LogP contribution in [0.15, 0.2) is 54.6 Å². The molecule has 0 fully saturated rings. The van der Waals surface area contributed by atoms with Crippen molar-refractivity contribution in [3.05, 3.63) is 65.7 Å². The van der Waals surface area contributed by atoms with Crippen molar-refractivity contribution in [2.24, 2.45) is 5.73 Å². The Bertz CT molecular complexity index is 545. The number of hydrogen-bond acceptors (Lipinski definition) is 4. The SMILES string of the molecule is NCC[C@@H](O)c1cccc(OC[C@@H](O)c2ccccc2)c1. The molecule has 0 radical (unpaired) electrons. The van der Waals surface area contributed by atoms with Crippen molar-refractivity contribution in [3.63, 3.8) is 0 Å². The number of nitrogens with two attached hydrogens (primary N) is 1. The normalized spacial score (nSPS) is 13.7. The molecule has 0 amide bonds. The predicted octanol–water partition coefficient (Wildman–Crippen LogP) is 2.18. The lowest BCUT2D eigenvalue weighted by molar-refractivity contribution is 0.108. The van der Waals surface area contributed by atoms with E-state index in [1.807, 2.05) is 42.5 Å². The summed E-state index contributed by atoms with van der Waals surface area (Å²) in [7, 11) is 0. The Labute approximate surface area is 124 Å². The summed E-state index contributed by atoms with van der Waals surface area (Å²) in [6.45, 7) is 0.597. The van der Waals surface area contributed by atoms with E-state index in [-0.39, 0.29) is 6.61 Å². The molecule has 0 bridgehead atoms. The fourth-order valence-corrected chi connectivity index (χ4v) is 2.08. The molecule has 4 nitrogen and oxygen atoms in total. The Hall–Kier alpha value is -1.88. The van der Waals surface area contributed by atoms with Crippen molar-refractivity contribution >= 4 is 0 Å². The number of rotatable bonds is 7. The van der Waals surface area contributed by atoms with Gasteiger partial charge in [0.25, 0.3) is 0 Å². The van der Waals surface area contributed by atoms with E-state index in [2.05, 4.69) is 0 Å². The molecule has 4 N–H and O–H groups in total. The van der Waals surface area contributed by atoms with E-state index in [9.17, 15) is 10.2 Å². The number of aliphatic hydroxyl groups is 2. The number of aliphatic hydroxyl groups excluding tert-OH is 2. The van der Waals surface area contributed by atoms with E-state index < -0.39 is 12.2 Å². The fraction of sp³-hybridized carbons (Fsp3) is 0.294. The third-order valence-corrected chi connectivity index (χ3v) is 3.28. The van der Waals surface area contributed by atoms with Crippen molar-refractivity contribution in [1.82, 2.24) is 0 Å². The summed E-state index contributed by atoms with van der Waals surface area (Å²) in [5, 5.41) is 20.0. The molecule has 4 heteroatoms. The minimum Gasteiger partial charge on any atom is -0.491 e. The van der Waals surface area contributed by atoms with Crippen LogP contribution in [0.4, 0.5) is 0 Å². The lowest BCUT2D eigenvalue weighted by Crippen LogP contribution is -2.10. The summed E-state index contributed by atoms with van der Waals surface area (Å²) >= 11 is 0. The Balaban J connectivity index is 1.95. The largest absolute Gasteiger partial charge is 0.491 e. The summed E-state index contributed by atoms with van der Waals surface area (Å²) < 4.78 is 5.60. The van der Waals surface area contributed by atoms with Gasteiger partial charge in [0.15, 0.2) is 0 Å². The highest BCUT2D eigenvalue weighted by molar-refractivity contribution is 5.30. The minimum absolute atomic E-state index is 0.167. The first-order valence-electron chi connectivity index (χ1n) is 7.04. The fourth-order valence-electron chi connectivity index (χ4n) is 2.08. The Morgan fingerprint density at radius 2 is 1.62 bits per heavy atom. The molecule has 0 unspecified atom stereocenters. The van der Waals surface area contributed by atoms with Gasteiger partial charge in [-0.15, -0.1) is 0 Å². The summed E-state index contributed by atoms with van der Waals surface area (Å²) in [6, 6.07) is 16.6. The van der Waals surface area contributed by atoms with Crippen LogP contribution in [-0.2, 0) is 0 Å². The number of ether oxygens (including phenoxy) is 1. The quantitative estimate of drug-likeness (QED) is 0.729. The smallest absolute Gasteiger partial charge is 0.119 e. The molecule has 0 aromatic heterocycles. The molecule has 0 aliphatic heterocycles. The summed E-state index contributed by atoms with van der Waals surface area (Å²) in [6.07, 6.45) is -0.753. The van der Waals surface area contributed by atoms with E-state index in [1.165, 1.54) is 0 Å². The van der Waals surface area contributed by atoms with Crippen LogP contribution in [0.1, 0.15) is 29.8 Å².